The lowest BCUT2D eigenvalue weighted by Crippen LogP contribution is -2.30. The van der Waals surface area contributed by atoms with Crippen LogP contribution in [0.25, 0.3) is 0 Å². The zero-order valence-electron chi connectivity index (χ0n) is 16.8. The number of carbonyl (C=O) groups is 1. The van der Waals surface area contributed by atoms with Crippen molar-refractivity contribution in [1.82, 2.24) is 0 Å². The molecule has 1 fully saturated rings. The molecular weight excluding hydrogens is 360 g/mol. The summed E-state index contributed by atoms with van der Waals surface area (Å²) < 4.78 is 10.6. The first-order valence-corrected chi connectivity index (χ1v) is 10.3. The summed E-state index contributed by atoms with van der Waals surface area (Å²) in [6.45, 7) is 1.98. The van der Waals surface area contributed by atoms with Gasteiger partial charge in [-0.15, -0.1) is 0 Å². The monoisotopic (exact) mass is 386 g/mol. The van der Waals surface area contributed by atoms with E-state index < -0.39 is 6.16 Å². The van der Waals surface area contributed by atoms with E-state index in [0.29, 0.717) is 11.5 Å². The number of ether oxygens (including phenoxy) is 2. The second-order valence-corrected chi connectivity index (χ2v) is 7.80. The Morgan fingerprint density at radius 2 is 1.21 bits per heavy atom. The molecule has 0 unspecified atom stereocenters. The van der Waals surface area contributed by atoms with Crippen molar-refractivity contribution in [1.29, 1.82) is 0 Å². The molecule has 3 nitrogen and oxygen atoms in total. The van der Waals surface area contributed by atoms with Crippen molar-refractivity contribution in [2.24, 2.45) is 0 Å². The minimum atomic E-state index is -0.725. The molecular formula is C26H26O3. The van der Waals surface area contributed by atoms with Gasteiger partial charge in [-0.3, -0.25) is 0 Å². The Kier molecular flexibility index (Phi) is 5.66. The highest BCUT2D eigenvalue weighted by Gasteiger charge is 2.35. The predicted molar refractivity (Wildman–Crippen MR) is 115 cm³/mol. The maximum Gasteiger partial charge on any atom is 0.519 e. The van der Waals surface area contributed by atoms with Crippen LogP contribution in [0.1, 0.15) is 48.8 Å². The lowest BCUT2D eigenvalue weighted by Gasteiger charge is -2.38. The average molecular weight is 386 g/mol. The van der Waals surface area contributed by atoms with Crippen molar-refractivity contribution in [3.05, 3.63) is 95.6 Å². The molecule has 4 rings (SSSR count). The number of benzene rings is 3. The molecule has 29 heavy (non-hydrogen) atoms. The summed E-state index contributed by atoms with van der Waals surface area (Å²) in [4.78, 5) is 12.1. The second kappa shape index (κ2) is 8.52. The van der Waals surface area contributed by atoms with Gasteiger partial charge < -0.3 is 9.47 Å². The Morgan fingerprint density at radius 3 is 1.79 bits per heavy atom. The van der Waals surface area contributed by atoms with Gasteiger partial charge in [-0.25, -0.2) is 4.79 Å². The number of carbonyl (C=O) groups excluding carboxylic acids is 1. The lowest BCUT2D eigenvalue weighted by molar-refractivity contribution is 0.152. The zero-order chi connectivity index (χ0) is 20.1. The van der Waals surface area contributed by atoms with Crippen molar-refractivity contribution in [3.63, 3.8) is 0 Å². The highest BCUT2D eigenvalue weighted by atomic mass is 16.7. The summed E-state index contributed by atoms with van der Waals surface area (Å²) in [5.74, 6) is 0.965. The van der Waals surface area contributed by atoms with Crippen LogP contribution in [0.4, 0.5) is 4.79 Å². The summed E-state index contributed by atoms with van der Waals surface area (Å²) in [5.41, 5.74) is 3.80. The fraction of sp³-hybridized carbons (Fsp3) is 0.269. The summed E-state index contributed by atoms with van der Waals surface area (Å²) in [7, 11) is 0. The van der Waals surface area contributed by atoms with Gasteiger partial charge in [-0.1, -0.05) is 79.4 Å². The van der Waals surface area contributed by atoms with E-state index in [2.05, 4.69) is 42.5 Å². The van der Waals surface area contributed by atoms with E-state index in [1.807, 2.05) is 31.2 Å². The largest absolute Gasteiger partial charge is 0.519 e. The van der Waals surface area contributed by atoms with E-state index in [1.54, 1.807) is 12.1 Å². The fourth-order valence-electron chi connectivity index (χ4n) is 4.32. The highest BCUT2D eigenvalue weighted by Crippen LogP contribution is 2.45. The van der Waals surface area contributed by atoms with Crippen LogP contribution in [-0.2, 0) is 5.41 Å². The fourth-order valence-corrected chi connectivity index (χ4v) is 4.32. The standard InChI is InChI=1S/C26H26O3/c1-20-10-14-23(15-11-20)28-25(27)29-24-16-12-22(13-17-24)26(18-6-3-7-19-26)21-8-4-2-5-9-21/h2,4-5,8-17H,3,6-7,18-19H2,1H3. The first-order valence-electron chi connectivity index (χ1n) is 10.3. The SMILES string of the molecule is Cc1ccc(OC(=O)Oc2ccc(C3(c4ccccc4)CCCCC3)cc2)cc1. The van der Waals surface area contributed by atoms with Crippen LogP contribution in [0.2, 0.25) is 0 Å². The molecule has 0 atom stereocenters. The minimum Gasteiger partial charge on any atom is -0.395 e. The number of aryl methyl sites for hydroxylation is 1. The number of hydrogen-bond donors (Lipinski definition) is 0. The lowest BCUT2D eigenvalue weighted by atomic mass is 9.65. The van der Waals surface area contributed by atoms with Gasteiger partial charge >= 0.3 is 6.16 Å². The van der Waals surface area contributed by atoms with Gasteiger partial charge in [0.05, 0.1) is 0 Å². The van der Waals surface area contributed by atoms with Crippen molar-refractivity contribution in [2.75, 3.05) is 0 Å². The Hall–Kier alpha value is -3.07. The summed E-state index contributed by atoms with van der Waals surface area (Å²) in [6.07, 6.45) is 5.32. The van der Waals surface area contributed by atoms with E-state index in [1.165, 1.54) is 30.4 Å². The van der Waals surface area contributed by atoms with Crippen molar-refractivity contribution in [2.45, 2.75) is 44.4 Å². The molecule has 3 aromatic carbocycles. The average Bonchev–Trinajstić information content (AvgIpc) is 2.77. The third-order valence-corrected chi connectivity index (χ3v) is 5.86. The van der Waals surface area contributed by atoms with Gasteiger partial charge in [-0.05, 0) is 55.2 Å². The topological polar surface area (TPSA) is 35.5 Å². The molecule has 0 heterocycles. The summed E-state index contributed by atoms with van der Waals surface area (Å²) in [5, 5.41) is 0. The molecule has 0 saturated heterocycles. The highest BCUT2D eigenvalue weighted by molar-refractivity contribution is 5.67. The van der Waals surface area contributed by atoms with E-state index in [0.717, 1.165) is 18.4 Å². The molecule has 148 valence electrons. The quantitative estimate of drug-likeness (QED) is 0.364. The molecule has 0 aliphatic heterocycles. The van der Waals surface area contributed by atoms with Crippen LogP contribution >= 0.6 is 0 Å². The van der Waals surface area contributed by atoms with Crippen LogP contribution in [0.5, 0.6) is 11.5 Å². The van der Waals surface area contributed by atoms with E-state index in [-0.39, 0.29) is 5.41 Å². The van der Waals surface area contributed by atoms with Crippen LogP contribution in [0, 0.1) is 6.92 Å². The van der Waals surface area contributed by atoms with Gasteiger partial charge in [-0.2, -0.15) is 0 Å². The third-order valence-electron chi connectivity index (χ3n) is 5.86. The molecule has 0 bridgehead atoms. The second-order valence-electron chi connectivity index (χ2n) is 7.80. The van der Waals surface area contributed by atoms with Gasteiger partial charge in [0.2, 0.25) is 0 Å². The summed E-state index contributed by atoms with van der Waals surface area (Å²) >= 11 is 0. The van der Waals surface area contributed by atoms with E-state index in [4.69, 9.17) is 9.47 Å². The van der Waals surface area contributed by atoms with Crippen LogP contribution < -0.4 is 9.47 Å². The van der Waals surface area contributed by atoms with Gasteiger partial charge in [0.15, 0.2) is 0 Å². The Morgan fingerprint density at radius 1 is 0.690 bits per heavy atom. The van der Waals surface area contributed by atoms with E-state index >= 15 is 0 Å². The molecule has 0 spiro atoms. The molecule has 0 radical (unpaired) electrons. The van der Waals surface area contributed by atoms with Crippen LogP contribution in [-0.4, -0.2) is 6.16 Å². The van der Waals surface area contributed by atoms with Crippen molar-refractivity contribution < 1.29 is 14.3 Å². The predicted octanol–water partition coefficient (Wildman–Crippen LogP) is 6.82. The third kappa shape index (κ3) is 4.34. The smallest absolute Gasteiger partial charge is 0.395 e. The van der Waals surface area contributed by atoms with Crippen LogP contribution in [0.15, 0.2) is 78.9 Å². The van der Waals surface area contributed by atoms with Gasteiger partial charge in [0.25, 0.3) is 0 Å². The molecule has 0 amide bonds. The van der Waals surface area contributed by atoms with E-state index in [9.17, 15) is 4.79 Å². The Balaban J connectivity index is 1.50. The first-order chi connectivity index (χ1) is 14.2. The molecule has 0 aromatic heterocycles. The molecule has 1 saturated carbocycles. The normalized spacial score (nSPS) is 15.5. The molecule has 0 N–H and O–H groups in total. The van der Waals surface area contributed by atoms with Gasteiger partial charge in [0.1, 0.15) is 11.5 Å². The number of rotatable bonds is 4. The molecule has 1 aliphatic rings. The number of hydrogen-bond acceptors (Lipinski definition) is 3. The van der Waals surface area contributed by atoms with Crippen molar-refractivity contribution in [3.8, 4) is 11.5 Å². The van der Waals surface area contributed by atoms with Crippen LogP contribution in [0.3, 0.4) is 0 Å². The maximum atomic E-state index is 12.1. The first kappa shape index (κ1) is 19.3. The summed E-state index contributed by atoms with van der Waals surface area (Å²) in [6, 6.07) is 26.0. The van der Waals surface area contributed by atoms with Crippen molar-refractivity contribution >= 4 is 6.16 Å². The molecule has 3 aromatic rings. The Labute approximate surface area is 172 Å². The maximum absolute atomic E-state index is 12.1. The molecule has 1 aliphatic carbocycles. The minimum absolute atomic E-state index is 0.0421. The van der Waals surface area contributed by atoms with Gasteiger partial charge in [0, 0.05) is 5.41 Å². The zero-order valence-corrected chi connectivity index (χ0v) is 16.8. The molecule has 3 heteroatoms. The Bertz CT molecular complexity index is 938.